The first kappa shape index (κ1) is 16.9. The standard InChI is InChI=1S/C15H23BFN3O2/c1-14(2)15(3,4)22-16(21-14)11(9-19-5)6-10-7-12(17)13(18)20-8-10/h6-8,19H,9H2,1-5H3,(H2,18,20). The van der Waals surface area contributed by atoms with Gasteiger partial charge in [0, 0.05) is 12.7 Å². The molecule has 0 aliphatic carbocycles. The Kier molecular flexibility index (Phi) is 4.61. The van der Waals surface area contributed by atoms with Gasteiger partial charge in [0.2, 0.25) is 0 Å². The lowest BCUT2D eigenvalue weighted by Crippen LogP contribution is -2.41. The average Bonchev–Trinajstić information content (AvgIpc) is 2.62. The molecule has 1 aliphatic rings. The van der Waals surface area contributed by atoms with Crippen molar-refractivity contribution < 1.29 is 13.7 Å². The van der Waals surface area contributed by atoms with E-state index < -0.39 is 24.1 Å². The predicted molar refractivity (Wildman–Crippen MR) is 86.6 cm³/mol. The number of pyridine rings is 1. The minimum absolute atomic E-state index is 0.108. The molecule has 0 saturated carbocycles. The van der Waals surface area contributed by atoms with Gasteiger partial charge in [-0.3, -0.25) is 0 Å². The van der Waals surface area contributed by atoms with Crippen LogP contribution in [0.1, 0.15) is 33.3 Å². The van der Waals surface area contributed by atoms with Crippen LogP contribution in [0.25, 0.3) is 6.08 Å². The van der Waals surface area contributed by atoms with Gasteiger partial charge in [-0.2, -0.15) is 0 Å². The molecule has 2 heterocycles. The Bertz CT molecular complexity index is 574. The van der Waals surface area contributed by atoms with Gasteiger partial charge in [0.1, 0.15) is 0 Å². The Morgan fingerprint density at radius 1 is 1.36 bits per heavy atom. The van der Waals surface area contributed by atoms with Crippen LogP contribution in [0.3, 0.4) is 0 Å². The number of nitrogen functional groups attached to an aromatic ring is 1. The fourth-order valence-electron chi connectivity index (χ4n) is 2.16. The molecule has 3 N–H and O–H groups in total. The van der Waals surface area contributed by atoms with Crippen LogP contribution < -0.4 is 11.1 Å². The number of nitrogens with zero attached hydrogens (tertiary/aromatic N) is 1. The zero-order valence-corrected chi connectivity index (χ0v) is 13.7. The van der Waals surface area contributed by atoms with E-state index in [0.29, 0.717) is 12.1 Å². The first-order valence-electron chi connectivity index (χ1n) is 7.28. The van der Waals surface area contributed by atoms with Crippen molar-refractivity contribution >= 4 is 19.0 Å². The highest BCUT2D eigenvalue weighted by atomic mass is 19.1. The normalized spacial score (nSPS) is 20.5. The summed E-state index contributed by atoms with van der Waals surface area (Å²) in [6.45, 7) is 8.54. The van der Waals surface area contributed by atoms with Crippen LogP contribution in [0.5, 0.6) is 0 Å². The van der Waals surface area contributed by atoms with Crippen molar-refractivity contribution in [1.29, 1.82) is 0 Å². The average molecular weight is 307 g/mol. The molecule has 22 heavy (non-hydrogen) atoms. The summed E-state index contributed by atoms with van der Waals surface area (Å²) < 4.78 is 25.6. The van der Waals surface area contributed by atoms with Crippen LogP contribution in [0.4, 0.5) is 10.2 Å². The van der Waals surface area contributed by atoms with E-state index in [9.17, 15) is 4.39 Å². The van der Waals surface area contributed by atoms with Crippen LogP contribution in [0, 0.1) is 5.82 Å². The molecule has 5 nitrogen and oxygen atoms in total. The summed E-state index contributed by atoms with van der Waals surface area (Å²) >= 11 is 0. The third kappa shape index (κ3) is 3.32. The van der Waals surface area contributed by atoms with Crippen molar-refractivity contribution in [3.05, 3.63) is 29.1 Å². The minimum atomic E-state index is -0.536. The van der Waals surface area contributed by atoms with Crippen molar-refractivity contribution in [3.8, 4) is 0 Å². The van der Waals surface area contributed by atoms with Gasteiger partial charge in [-0.15, -0.1) is 0 Å². The monoisotopic (exact) mass is 307 g/mol. The molecule has 0 radical (unpaired) electrons. The van der Waals surface area contributed by atoms with Gasteiger partial charge in [-0.05, 0) is 51.8 Å². The second-order valence-electron chi connectivity index (χ2n) is 6.47. The molecule has 0 aromatic carbocycles. The quantitative estimate of drug-likeness (QED) is 0.833. The van der Waals surface area contributed by atoms with Crippen molar-refractivity contribution in [1.82, 2.24) is 10.3 Å². The highest BCUT2D eigenvalue weighted by Gasteiger charge is 2.52. The first-order valence-corrected chi connectivity index (χ1v) is 7.28. The fraction of sp³-hybridized carbons (Fsp3) is 0.533. The highest BCUT2D eigenvalue weighted by molar-refractivity contribution is 6.55. The van der Waals surface area contributed by atoms with Crippen molar-refractivity contribution in [2.75, 3.05) is 19.3 Å². The first-order chi connectivity index (χ1) is 10.2. The summed E-state index contributed by atoms with van der Waals surface area (Å²) in [7, 11) is 1.35. The van der Waals surface area contributed by atoms with Gasteiger partial charge < -0.3 is 20.4 Å². The van der Waals surface area contributed by atoms with Crippen LogP contribution >= 0.6 is 0 Å². The summed E-state index contributed by atoms with van der Waals surface area (Å²) in [5, 5.41) is 3.08. The Hall–Kier alpha value is -1.44. The maximum Gasteiger partial charge on any atom is 0.491 e. The smallest absolute Gasteiger partial charge is 0.400 e. The summed E-state index contributed by atoms with van der Waals surface area (Å²) in [5.74, 6) is -0.644. The third-order valence-electron chi connectivity index (χ3n) is 4.18. The van der Waals surface area contributed by atoms with Crippen LogP contribution in [0.2, 0.25) is 0 Å². The Labute approximate surface area is 131 Å². The highest BCUT2D eigenvalue weighted by Crippen LogP contribution is 2.38. The second kappa shape index (κ2) is 5.99. The van der Waals surface area contributed by atoms with E-state index in [0.717, 1.165) is 5.47 Å². The van der Waals surface area contributed by atoms with Crippen molar-refractivity contribution in [2.45, 2.75) is 38.9 Å². The lowest BCUT2D eigenvalue weighted by molar-refractivity contribution is 0.00578. The topological polar surface area (TPSA) is 69.4 Å². The van der Waals surface area contributed by atoms with E-state index in [1.54, 1.807) is 0 Å². The molecular formula is C15H23BFN3O2. The van der Waals surface area contributed by atoms with Gasteiger partial charge >= 0.3 is 7.12 Å². The molecule has 1 saturated heterocycles. The maximum atomic E-state index is 13.5. The van der Waals surface area contributed by atoms with E-state index in [1.807, 2.05) is 40.8 Å². The Morgan fingerprint density at radius 3 is 2.45 bits per heavy atom. The van der Waals surface area contributed by atoms with Crippen LogP contribution in [0.15, 0.2) is 17.7 Å². The zero-order chi connectivity index (χ0) is 16.5. The summed E-state index contributed by atoms with van der Waals surface area (Å²) in [6, 6.07) is 1.35. The number of likely N-dealkylation sites (N-methyl/N-ethyl adjacent to an activating group) is 1. The van der Waals surface area contributed by atoms with E-state index in [1.165, 1.54) is 12.3 Å². The number of hydrogen-bond donors (Lipinski definition) is 2. The molecule has 120 valence electrons. The number of anilines is 1. The predicted octanol–water partition coefficient (Wildman–Crippen LogP) is 2.04. The largest absolute Gasteiger partial charge is 0.491 e. The molecule has 0 atom stereocenters. The number of nitrogens with one attached hydrogen (secondary N) is 1. The minimum Gasteiger partial charge on any atom is -0.400 e. The maximum absolute atomic E-state index is 13.5. The zero-order valence-electron chi connectivity index (χ0n) is 13.7. The summed E-state index contributed by atoms with van der Waals surface area (Å²) in [5.41, 5.74) is 6.04. The van der Waals surface area contributed by atoms with Gasteiger partial charge in [-0.25, -0.2) is 9.37 Å². The number of hydrogen-bond acceptors (Lipinski definition) is 5. The van der Waals surface area contributed by atoms with E-state index in [2.05, 4.69) is 10.3 Å². The van der Waals surface area contributed by atoms with Crippen LogP contribution in [-0.2, 0) is 9.31 Å². The van der Waals surface area contributed by atoms with Crippen LogP contribution in [-0.4, -0.2) is 36.9 Å². The molecule has 7 heteroatoms. The Balaban J connectivity index is 2.31. The molecule has 1 aromatic heterocycles. The number of halogens is 1. The summed E-state index contributed by atoms with van der Waals surface area (Å²) in [6.07, 6.45) is 3.34. The lowest BCUT2D eigenvalue weighted by atomic mass is 9.77. The van der Waals surface area contributed by atoms with E-state index >= 15 is 0 Å². The summed E-state index contributed by atoms with van der Waals surface area (Å²) in [4.78, 5) is 3.83. The number of aromatic nitrogens is 1. The molecule has 0 amide bonds. The lowest BCUT2D eigenvalue weighted by Gasteiger charge is -2.32. The van der Waals surface area contributed by atoms with Gasteiger partial charge in [0.05, 0.1) is 11.2 Å². The molecular weight excluding hydrogens is 284 g/mol. The second-order valence-corrected chi connectivity index (χ2v) is 6.47. The molecule has 1 aromatic rings. The molecule has 0 bridgehead atoms. The fourth-order valence-corrected chi connectivity index (χ4v) is 2.16. The van der Waals surface area contributed by atoms with E-state index in [-0.39, 0.29) is 5.82 Å². The van der Waals surface area contributed by atoms with Gasteiger partial charge in [0.25, 0.3) is 0 Å². The molecule has 1 aliphatic heterocycles. The number of nitrogens with two attached hydrogens (primary N) is 1. The van der Waals surface area contributed by atoms with Gasteiger partial charge in [0.15, 0.2) is 11.6 Å². The molecule has 0 unspecified atom stereocenters. The van der Waals surface area contributed by atoms with Crippen molar-refractivity contribution in [2.24, 2.45) is 0 Å². The number of rotatable bonds is 4. The molecule has 1 fully saturated rings. The SMILES string of the molecule is CNCC(=Cc1cnc(N)c(F)c1)B1OC(C)(C)C(C)(C)O1. The van der Waals surface area contributed by atoms with E-state index in [4.69, 9.17) is 15.0 Å². The third-order valence-corrected chi connectivity index (χ3v) is 4.18. The molecule has 0 spiro atoms. The van der Waals surface area contributed by atoms with Gasteiger partial charge in [-0.1, -0.05) is 6.08 Å². The Morgan fingerprint density at radius 2 is 1.95 bits per heavy atom. The molecule has 2 rings (SSSR count). The van der Waals surface area contributed by atoms with Crippen molar-refractivity contribution in [3.63, 3.8) is 0 Å².